The highest BCUT2D eigenvalue weighted by molar-refractivity contribution is 9.09. The lowest BCUT2D eigenvalue weighted by Crippen LogP contribution is -2.22. The van der Waals surface area contributed by atoms with Gasteiger partial charge in [0.25, 0.3) is 0 Å². The summed E-state index contributed by atoms with van der Waals surface area (Å²) in [5, 5.41) is 1.01. The zero-order valence-electron chi connectivity index (χ0n) is 10.2. The Kier molecular flexibility index (Phi) is 5.07. The molecule has 0 aliphatic rings. The lowest BCUT2D eigenvalue weighted by atomic mass is 10.1. The van der Waals surface area contributed by atoms with Gasteiger partial charge in [-0.2, -0.15) is 0 Å². The Hall–Kier alpha value is -0.760. The number of rotatable bonds is 4. The van der Waals surface area contributed by atoms with Crippen LogP contribution in [0, 0.1) is 0 Å². The quantitative estimate of drug-likeness (QED) is 0.730. The highest BCUT2D eigenvalue weighted by Gasteiger charge is 2.10. The molecule has 0 radical (unpaired) electrons. The van der Waals surface area contributed by atoms with Crippen LogP contribution < -0.4 is 4.74 Å². The first-order valence-electron chi connectivity index (χ1n) is 5.53. The smallest absolute Gasteiger partial charge is 0.120 e. The van der Waals surface area contributed by atoms with Crippen molar-refractivity contribution in [1.82, 2.24) is 0 Å². The van der Waals surface area contributed by atoms with E-state index in [0.717, 1.165) is 17.5 Å². The van der Waals surface area contributed by atoms with Crippen LogP contribution in [0.15, 0.2) is 30.3 Å². The molecule has 2 heteroatoms. The molecule has 0 fully saturated rings. The van der Waals surface area contributed by atoms with E-state index in [-0.39, 0.29) is 5.60 Å². The van der Waals surface area contributed by atoms with Crippen molar-refractivity contribution in [2.45, 2.75) is 32.8 Å². The third-order valence-corrected chi connectivity index (χ3v) is 2.35. The minimum atomic E-state index is -0.132. The summed E-state index contributed by atoms with van der Waals surface area (Å²) in [7, 11) is 0. The number of hydrogen-bond donors (Lipinski definition) is 0. The van der Waals surface area contributed by atoms with Crippen LogP contribution in [-0.4, -0.2) is 10.9 Å². The summed E-state index contributed by atoms with van der Waals surface area (Å²) in [6, 6.07) is 8.18. The summed E-state index contributed by atoms with van der Waals surface area (Å²) in [5.74, 6) is 0.921. The number of halogens is 1. The fourth-order valence-corrected chi connectivity index (χ4v) is 1.55. The van der Waals surface area contributed by atoms with Gasteiger partial charge in [0.1, 0.15) is 11.4 Å². The number of benzene rings is 1. The molecule has 1 aromatic rings. The van der Waals surface area contributed by atoms with Crippen LogP contribution in [-0.2, 0) is 0 Å². The van der Waals surface area contributed by atoms with Gasteiger partial charge in [-0.1, -0.05) is 40.2 Å². The summed E-state index contributed by atoms with van der Waals surface area (Å²) < 4.78 is 5.75. The van der Waals surface area contributed by atoms with Crippen molar-refractivity contribution in [3.05, 3.63) is 35.9 Å². The van der Waals surface area contributed by atoms with E-state index in [4.69, 9.17) is 4.74 Å². The van der Waals surface area contributed by atoms with Crippen molar-refractivity contribution >= 4 is 22.0 Å². The van der Waals surface area contributed by atoms with Crippen molar-refractivity contribution in [1.29, 1.82) is 0 Å². The number of allylic oxidation sites excluding steroid dienone is 1. The zero-order valence-corrected chi connectivity index (χ0v) is 11.8. The summed E-state index contributed by atoms with van der Waals surface area (Å²) in [6.07, 6.45) is 5.34. The van der Waals surface area contributed by atoms with Gasteiger partial charge in [0.2, 0.25) is 0 Å². The van der Waals surface area contributed by atoms with Crippen LogP contribution in [0.25, 0.3) is 6.08 Å². The maximum absolute atomic E-state index is 5.75. The fourth-order valence-electron chi connectivity index (χ4n) is 1.28. The molecular weight excluding hydrogens is 264 g/mol. The molecule has 0 atom stereocenters. The lowest BCUT2D eigenvalue weighted by molar-refractivity contribution is 0.131. The van der Waals surface area contributed by atoms with Crippen LogP contribution in [0.4, 0.5) is 0 Å². The van der Waals surface area contributed by atoms with Crippen molar-refractivity contribution in [2.24, 2.45) is 0 Å². The first-order chi connectivity index (χ1) is 7.51. The second kappa shape index (κ2) is 6.09. The molecule has 16 heavy (non-hydrogen) atoms. The molecule has 1 nitrogen and oxygen atoms in total. The third kappa shape index (κ3) is 5.36. The molecule has 0 bridgehead atoms. The van der Waals surface area contributed by atoms with E-state index in [0.29, 0.717) is 0 Å². The molecule has 0 saturated heterocycles. The predicted molar refractivity (Wildman–Crippen MR) is 74.3 cm³/mol. The Morgan fingerprint density at radius 1 is 1.19 bits per heavy atom. The molecule has 0 unspecified atom stereocenters. The standard InChI is InChI=1S/C14H19BrO/c1-14(2,3)16-13-9-7-12(8-10-13)6-4-5-11-15/h4,6-10H,5,11H2,1-3H3. The maximum atomic E-state index is 5.75. The Morgan fingerprint density at radius 2 is 1.81 bits per heavy atom. The van der Waals surface area contributed by atoms with Crippen LogP contribution in [0.3, 0.4) is 0 Å². The number of ether oxygens (including phenoxy) is 1. The Labute approximate surface area is 107 Å². The van der Waals surface area contributed by atoms with Crippen molar-refractivity contribution in [3.63, 3.8) is 0 Å². The molecule has 0 heterocycles. The average molecular weight is 283 g/mol. The first kappa shape index (κ1) is 13.3. The zero-order chi connectivity index (χ0) is 12.0. The van der Waals surface area contributed by atoms with Gasteiger partial charge in [-0.25, -0.2) is 0 Å². The third-order valence-electron chi connectivity index (χ3n) is 1.89. The minimum Gasteiger partial charge on any atom is -0.488 e. The highest BCUT2D eigenvalue weighted by atomic mass is 79.9. The van der Waals surface area contributed by atoms with Gasteiger partial charge in [-0.15, -0.1) is 0 Å². The largest absolute Gasteiger partial charge is 0.488 e. The van der Waals surface area contributed by atoms with Gasteiger partial charge in [0.15, 0.2) is 0 Å². The lowest BCUT2D eigenvalue weighted by Gasteiger charge is -2.21. The maximum Gasteiger partial charge on any atom is 0.120 e. The molecule has 0 saturated carbocycles. The normalized spacial score (nSPS) is 12.0. The molecule has 0 aliphatic heterocycles. The van der Waals surface area contributed by atoms with Crippen molar-refractivity contribution in [3.8, 4) is 5.75 Å². The number of alkyl halides is 1. The Morgan fingerprint density at radius 3 is 2.31 bits per heavy atom. The summed E-state index contributed by atoms with van der Waals surface area (Å²) in [4.78, 5) is 0. The van der Waals surface area contributed by atoms with Crippen molar-refractivity contribution in [2.75, 3.05) is 5.33 Å². The van der Waals surface area contributed by atoms with E-state index in [2.05, 4.69) is 61.0 Å². The topological polar surface area (TPSA) is 9.23 Å². The van der Waals surface area contributed by atoms with E-state index in [9.17, 15) is 0 Å². The van der Waals surface area contributed by atoms with E-state index >= 15 is 0 Å². The Bertz CT molecular complexity index is 333. The van der Waals surface area contributed by atoms with Crippen molar-refractivity contribution < 1.29 is 4.74 Å². The van der Waals surface area contributed by atoms with Gasteiger partial charge in [-0.05, 0) is 44.9 Å². The second-order valence-electron chi connectivity index (χ2n) is 4.66. The van der Waals surface area contributed by atoms with Crippen LogP contribution >= 0.6 is 15.9 Å². The Balaban J connectivity index is 2.61. The highest BCUT2D eigenvalue weighted by Crippen LogP contribution is 2.19. The van der Waals surface area contributed by atoms with Crippen LogP contribution in [0.5, 0.6) is 5.75 Å². The summed E-state index contributed by atoms with van der Waals surface area (Å²) in [6.45, 7) is 6.16. The SMILES string of the molecule is CC(C)(C)Oc1ccc(C=CCCBr)cc1. The molecule has 0 aliphatic carbocycles. The van der Waals surface area contributed by atoms with Gasteiger partial charge < -0.3 is 4.74 Å². The van der Waals surface area contributed by atoms with Gasteiger partial charge in [0.05, 0.1) is 0 Å². The molecule has 1 rings (SSSR count). The first-order valence-corrected chi connectivity index (χ1v) is 6.65. The van der Waals surface area contributed by atoms with Crippen LogP contribution in [0.2, 0.25) is 0 Å². The average Bonchev–Trinajstić information content (AvgIpc) is 2.19. The molecule has 0 aromatic heterocycles. The molecular formula is C14H19BrO. The summed E-state index contributed by atoms with van der Waals surface area (Å²) >= 11 is 3.40. The number of hydrogen-bond acceptors (Lipinski definition) is 1. The predicted octanol–water partition coefficient (Wildman–Crippen LogP) is 4.66. The molecule has 0 N–H and O–H groups in total. The second-order valence-corrected chi connectivity index (χ2v) is 5.46. The fraction of sp³-hybridized carbons (Fsp3) is 0.429. The van der Waals surface area contributed by atoms with E-state index in [1.54, 1.807) is 0 Å². The molecule has 88 valence electrons. The molecule has 1 aromatic carbocycles. The van der Waals surface area contributed by atoms with Gasteiger partial charge in [-0.3, -0.25) is 0 Å². The van der Waals surface area contributed by atoms with E-state index < -0.39 is 0 Å². The molecule has 0 amide bonds. The minimum absolute atomic E-state index is 0.132. The van der Waals surface area contributed by atoms with Crippen LogP contribution in [0.1, 0.15) is 32.8 Å². The van der Waals surface area contributed by atoms with Gasteiger partial charge in [0, 0.05) is 5.33 Å². The van der Waals surface area contributed by atoms with E-state index in [1.165, 1.54) is 5.56 Å². The van der Waals surface area contributed by atoms with E-state index in [1.807, 2.05) is 12.1 Å². The summed E-state index contributed by atoms with van der Waals surface area (Å²) in [5.41, 5.74) is 1.08. The molecule has 0 spiro atoms. The monoisotopic (exact) mass is 282 g/mol. The van der Waals surface area contributed by atoms with Gasteiger partial charge >= 0.3 is 0 Å².